The molecule has 0 N–H and O–H groups in total. The van der Waals surface area contributed by atoms with Crippen LogP contribution in [0.3, 0.4) is 0 Å². The molecule has 1 fully saturated rings. The zero-order valence-corrected chi connectivity index (χ0v) is 12.6. The standard InChI is InChI=1S/C15H16.C3H5ClO/c1-2-15(13-9-5-3-6-10-13)14-11-7-4-8-12-14;4-1-3-2-5-3/h3-12,15H,2H2,1H3;3H,1-2H2. The molecular formula is C18H21ClO. The van der Waals surface area contributed by atoms with Crippen molar-refractivity contribution in [2.75, 3.05) is 12.5 Å². The molecule has 0 amide bonds. The molecule has 0 bridgehead atoms. The normalized spacial score (nSPS) is 16.4. The molecule has 1 aliphatic heterocycles. The monoisotopic (exact) mass is 288 g/mol. The van der Waals surface area contributed by atoms with Crippen LogP contribution in [0.4, 0.5) is 0 Å². The Kier molecular flexibility index (Phi) is 6.10. The highest BCUT2D eigenvalue weighted by molar-refractivity contribution is 6.18. The number of rotatable bonds is 4. The molecular weight excluding hydrogens is 268 g/mol. The minimum Gasteiger partial charge on any atom is -0.372 e. The second kappa shape index (κ2) is 8.08. The van der Waals surface area contributed by atoms with Crippen LogP contribution in [0.15, 0.2) is 60.7 Å². The Hall–Kier alpha value is -1.31. The highest BCUT2D eigenvalue weighted by atomic mass is 35.5. The van der Waals surface area contributed by atoms with Gasteiger partial charge in [0, 0.05) is 5.92 Å². The van der Waals surface area contributed by atoms with E-state index in [1.54, 1.807) is 0 Å². The van der Waals surface area contributed by atoms with Gasteiger partial charge in [-0.15, -0.1) is 11.6 Å². The molecule has 1 nitrogen and oxygen atoms in total. The first kappa shape index (κ1) is 15.1. The number of hydrogen-bond donors (Lipinski definition) is 0. The fourth-order valence-electron chi connectivity index (χ4n) is 2.19. The summed E-state index contributed by atoms with van der Waals surface area (Å²) in [5.41, 5.74) is 2.82. The molecule has 1 heterocycles. The van der Waals surface area contributed by atoms with Crippen molar-refractivity contribution in [1.82, 2.24) is 0 Å². The Morgan fingerprint density at radius 1 is 1.00 bits per heavy atom. The highest BCUT2D eigenvalue weighted by Gasteiger charge is 2.19. The third kappa shape index (κ3) is 4.66. The average molecular weight is 289 g/mol. The Morgan fingerprint density at radius 2 is 1.45 bits per heavy atom. The molecule has 0 spiro atoms. The minimum atomic E-state index is 0.400. The van der Waals surface area contributed by atoms with Gasteiger partial charge in [-0.3, -0.25) is 0 Å². The van der Waals surface area contributed by atoms with Crippen LogP contribution < -0.4 is 0 Å². The summed E-state index contributed by atoms with van der Waals surface area (Å²) < 4.78 is 4.73. The molecule has 106 valence electrons. The summed E-state index contributed by atoms with van der Waals surface area (Å²) in [5.74, 6) is 1.20. The summed E-state index contributed by atoms with van der Waals surface area (Å²) in [6, 6.07) is 21.4. The van der Waals surface area contributed by atoms with Gasteiger partial charge in [0.25, 0.3) is 0 Å². The molecule has 2 aromatic rings. The molecule has 0 aromatic heterocycles. The number of ether oxygens (including phenoxy) is 1. The highest BCUT2D eigenvalue weighted by Crippen LogP contribution is 2.26. The topological polar surface area (TPSA) is 12.5 Å². The molecule has 2 heteroatoms. The van der Waals surface area contributed by atoms with Crippen LogP contribution in [0, 0.1) is 0 Å². The van der Waals surface area contributed by atoms with E-state index in [1.807, 2.05) is 0 Å². The van der Waals surface area contributed by atoms with Crippen LogP contribution in [0.5, 0.6) is 0 Å². The quantitative estimate of drug-likeness (QED) is 0.578. The van der Waals surface area contributed by atoms with Crippen LogP contribution in [0.2, 0.25) is 0 Å². The van der Waals surface area contributed by atoms with Crippen molar-refractivity contribution >= 4 is 11.6 Å². The lowest BCUT2D eigenvalue weighted by molar-refractivity contribution is 0.425. The number of hydrogen-bond acceptors (Lipinski definition) is 1. The van der Waals surface area contributed by atoms with Crippen molar-refractivity contribution in [3.63, 3.8) is 0 Å². The molecule has 1 aliphatic rings. The Balaban J connectivity index is 0.000000247. The van der Waals surface area contributed by atoms with E-state index in [9.17, 15) is 0 Å². The first-order valence-electron chi connectivity index (χ1n) is 7.12. The number of alkyl halides is 1. The number of benzene rings is 2. The summed E-state index contributed by atoms with van der Waals surface area (Å²) in [4.78, 5) is 0. The first-order chi connectivity index (χ1) is 9.85. The molecule has 1 atom stereocenters. The van der Waals surface area contributed by atoms with Crippen molar-refractivity contribution in [3.8, 4) is 0 Å². The maximum absolute atomic E-state index is 5.27. The second-order valence-electron chi connectivity index (χ2n) is 4.89. The van der Waals surface area contributed by atoms with E-state index in [2.05, 4.69) is 67.6 Å². The van der Waals surface area contributed by atoms with Crippen molar-refractivity contribution in [1.29, 1.82) is 0 Å². The predicted octanol–water partition coefficient (Wildman–Crippen LogP) is 4.85. The Morgan fingerprint density at radius 3 is 1.70 bits per heavy atom. The summed E-state index contributed by atoms with van der Waals surface area (Å²) in [5, 5.41) is 0. The zero-order valence-electron chi connectivity index (χ0n) is 11.8. The van der Waals surface area contributed by atoms with Gasteiger partial charge in [0.2, 0.25) is 0 Å². The van der Waals surface area contributed by atoms with Gasteiger partial charge in [0.1, 0.15) is 0 Å². The van der Waals surface area contributed by atoms with Crippen molar-refractivity contribution in [3.05, 3.63) is 71.8 Å². The summed E-state index contributed by atoms with van der Waals surface area (Å²) in [7, 11) is 0. The van der Waals surface area contributed by atoms with E-state index in [0.29, 0.717) is 17.9 Å². The number of halogens is 1. The van der Waals surface area contributed by atoms with Crippen molar-refractivity contribution in [2.45, 2.75) is 25.4 Å². The maximum Gasteiger partial charge on any atom is 0.0944 e. The van der Waals surface area contributed by atoms with Crippen molar-refractivity contribution in [2.24, 2.45) is 0 Å². The van der Waals surface area contributed by atoms with E-state index in [-0.39, 0.29) is 0 Å². The first-order valence-corrected chi connectivity index (χ1v) is 7.66. The Labute approximate surface area is 126 Å². The third-order valence-electron chi connectivity index (χ3n) is 3.39. The zero-order chi connectivity index (χ0) is 14.2. The van der Waals surface area contributed by atoms with Crippen LogP contribution in [-0.2, 0) is 4.74 Å². The lowest BCUT2D eigenvalue weighted by atomic mass is 9.89. The van der Waals surface area contributed by atoms with Gasteiger partial charge in [-0.25, -0.2) is 0 Å². The molecule has 0 aliphatic carbocycles. The minimum absolute atomic E-state index is 0.400. The fraction of sp³-hybridized carbons (Fsp3) is 0.333. The average Bonchev–Trinajstić information content (AvgIpc) is 3.35. The van der Waals surface area contributed by atoms with E-state index >= 15 is 0 Å². The van der Waals surface area contributed by atoms with E-state index < -0.39 is 0 Å². The lowest BCUT2D eigenvalue weighted by Gasteiger charge is -2.15. The van der Waals surface area contributed by atoms with Gasteiger partial charge < -0.3 is 4.74 Å². The van der Waals surface area contributed by atoms with Gasteiger partial charge in [-0.1, -0.05) is 67.6 Å². The smallest absolute Gasteiger partial charge is 0.0944 e. The van der Waals surface area contributed by atoms with Crippen LogP contribution in [0.1, 0.15) is 30.4 Å². The van der Waals surface area contributed by atoms with E-state index in [1.165, 1.54) is 11.1 Å². The predicted molar refractivity (Wildman–Crippen MR) is 85.5 cm³/mol. The van der Waals surface area contributed by atoms with Crippen LogP contribution >= 0.6 is 11.6 Å². The van der Waals surface area contributed by atoms with Crippen LogP contribution in [0.25, 0.3) is 0 Å². The van der Waals surface area contributed by atoms with Crippen molar-refractivity contribution < 1.29 is 4.74 Å². The molecule has 20 heavy (non-hydrogen) atoms. The SMILES string of the molecule is CCC(c1ccccc1)c1ccccc1.ClCC1CO1. The molecule has 1 saturated heterocycles. The third-order valence-corrected chi connectivity index (χ3v) is 3.73. The lowest BCUT2D eigenvalue weighted by Crippen LogP contribution is -1.98. The molecule has 2 aromatic carbocycles. The van der Waals surface area contributed by atoms with Crippen LogP contribution in [-0.4, -0.2) is 18.6 Å². The Bertz CT molecular complexity index is 440. The summed E-state index contributed by atoms with van der Waals surface area (Å²) >= 11 is 5.27. The maximum atomic E-state index is 5.27. The van der Waals surface area contributed by atoms with Gasteiger partial charge in [-0.05, 0) is 17.5 Å². The van der Waals surface area contributed by atoms with Gasteiger partial charge in [0.05, 0.1) is 18.6 Å². The molecule has 0 saturated carbocycles. The summed E-state index contributed by atoms with van der Waals surface area (Å²) in [6.45, 7) is 3.12. The molecule has 1 unspecified atom stereocenters. The second-order valence-corrected chi connectivity index (χ2v) is 5.20. The number of epoxide rings is 1. The molecule has 3 rings (SSSR count). The fourth-order valence-corrected chi connectivity index (χ4v) is 2.37. The summed E-state index contributed by atoms with van der Waals surface area (Å²) in [6.07, 6.45) is 1.55. The van der Waals surface area contributed by atoms with E-state index in [4.69, 9.17) is 16.3 Å². The largest absolute Gasteiger partial charge is 0.372 e. The van der Waals surface area contributed by atoms with Gasteiger partial charge >= 0.3 is 0 Å². The van der Waals surface area contributed by atoms with E-state index in [0.717, 1.165) is 13.0 Å². The van der Waals surface area contributed by atoms with Gasteiger partial charge in [0.15, 0.2) is 0 Å². The molecule has 0 radical (unpaired) electrons. The van der Waals surface area contributed by atoms with Gasteiger partial charge in [-0.2, -0.15) is 0 Å².